The van der Waals surface area contributed by atoms with E-state index in [9.17, 15) is 5.11 Å². The minimum atomic E-state index is -0.291. The van der Waals surface area contributed by atoms with Crippen LogP contribution in [0, 0.1) is 5.92 Å². The summed E-state index contributed by atoms with van der Waals surface area (Å²) in [4.78, 5) is 0. The number of aliphatic hydroxyl groups excluding tert-OH is 1. The number of nitrogens with one attached hydrogen (secondary N) is 1. The molecule has 0 aliphatic heterocycles. The molecule has 0 saturated heterocycles. The normalized spacial score (nSPS) is 12.8. The van der Waals surface area contributed by atoms with Crippen LogP contribution >= 0.6 is 15.9 Å². The average molecular weight is 302 g/mol. The molecule has 1 aromatic rings. The molecule has 3 nitrogen and oxygen atoms in total. The van der Waals surface area contributed by atoms with Crippen LogP contribution in [0.25, 0.3) is 0 Å². The van der Waals surface area contributed by atoms with E-state index in [0.29, 0.717) is 13.2 Å². The lowest BCUT2D eigenvalue weighted by Crippen LogP contribution is -2.33. The molecule has 17 heavy (non-hydrogen) atoms. The van der Waals surface area contributed by atoms with E-state index in [4.69, 9.17) is 4.74 Å². The Labute approximate surface area is 111 Å². The summed E-state index contributed by atoms with van der Waals surface area (Å²) in [7, 11) is 0. The van der Waals surface area contributed by atoms with Crippen molar-refractivity contribution in [3.63, 3.8) is 0 Å². The van der Waals surface area contributed by atoms with E-state index in [-0.39, 0.29) is 12.0 Å². The van der Waals surface area contributed by atoms with Crippen molar-refractivity contribution < 1.29 is 9.84 Å². The largest absolute Gasteiger partial charge is 0.492 e. The Balaban J connectivity index is 2.12. The van der Waals surface area contributed by atoms with Crippen LogP contribution in [-0.4, -0.2) is 30.9 Å². The molecule has 0 heterocycles. The van der Waals surface area contributed by atoms with Gasteiger partial charge in [0.1, 0.15) is 12.4 Å². The van der Waals surface area contributed by atoms with Crippen molar-refractivity contribution >= 4 is 15.9 Å². The van der Waals surface area contributed by atoms with Gasteiger partial charge in [0.2, 0.25) is 0 Å². The predicted molar refractivity (Wildman–Crippen MR) is 73.4 cm³/mol. The monoisotopic (exact) mass is 301 g/mol. The van der Waals surface area contributed by atoms with Crippen molar-refractivity contribution in [3.05, 3.63) is 28.7 Å². The molecule has 0 aliphatic carbocycles. The van der Waals surface area contributed by atoms with Gasteiger partial charge in [0, 0.05) is 17.6 Å². The van der Waals surface area contributed by atoms with Gasteiger partial charge in [0.05, 0.1) is 6.10 Å². The molecule has 0 amide bonds. The quantitative estimate of drug-likeness (QED) is 0.760. The van der Waals surface area contributed by atoms with E-state index in [1.54, 1.807) is 0 Å². The maximum Gasteiger partial charge on any atom is 0.120 e. The summed E-state index contributed by atoms with van der Waals surface area (Å²) in [5, 5.41) is 12.7. The Morgan fingerprint density at radius 2 is 2.18 bits per heavy atom. The third-order valence-corrected chi connectivity index (χ3v) is 2.96. The molecule has 96 valence electrons. The van der Waals surface area contributed by atoms with Crippen molar-refractivity contribution in [2.24, 2.45) is 5.92 Å². The number of ether oxygens (including phenoxy) is 1. The second kappa shape index (κ2) is 7.69. The van der Waals surface area contributed by atoms with E-state index in [1.165, 1.54) is 0 Å². The summed E-state index contributed by atoms with van der Waals surface area (Å²) < 4.78 is 6.57. The van der Waals surface area contributed by atoms with Gasteiger partial charge < -0.3 is 15.2 Å². The molecule has 0 spiro atoms. The molecule has 2 N–H and O–H groups in total. The summed E-state index contributed by atoms with van der Waals surface area (Å²) in [6.07, 6.45) is -0.291. The van der Waals surface area contributed by atoms with Crippen LogP contribution in [0.15, 0.2) is 28.7 Å². The molecular formula is C13H20BrNO2. The number of halogens is 1. The first kappa shape index (κ1) is 14.5. The SMILES string of the molecule is CC(C)C(O)CNCCOc1cccc(Br)c1. The molecule has 4 heteroatoms. The zero-order valence-electron chi connectivity index (χ0n) is 10.3. The molecule has 0 bridgehead atoms. The standard InChI is InChI=1S/C13H20BrNO2/c1-10(2)13(16)9-15-6-7-17-12-5-3-4-11(14)8-12/h3-5,8,10,13,15-16H,6-7,9H2,1-2H3. The average Bonchev–Trinajstić information content (AvgIpc) is 2.28. The Hall–Kier alpha value is -0.580. The van der Waals surface area contributed by atoms with Crippen LogP contribution in [0.4, 0.5) is 0 Å². The summed E-state index contributed by atoms with van der Waals surface area (Å²) in [5.74, 6) is 1.14. The van der Waals surface area contributed by atoms with Gasteiger partial charge in [-0.1, -0.05) is 35.8 Å². The van der Waals surface area contributed by atoms with Crippen LogP contribution in [0.5, 0.6) is 5.75 Å². The van der Waals surface area contributed by atoms with Crippen molar-refractivity contribution in [2.75, 3.05) is 19.7 Å². The zero-order chi connectivity index (χ0) is 12.7. The van der Waals surface area contributed by atoms with Crippen molar-refractivity contribution in [1.82, 2.24) is 5.32 Å². The van der Waals surface area contributed by atoms with Gasteiger partial charge >= 0.3 is 0 Å². The maximum absolute atomic E-state index is 9.57. The minimum absolute atomic E-state index is 0.286. The van der Waals surface area contributed by atoms with E-state index < -0.39 is 0 Å². The van der Waals surface area contributed by atoms with Crippen LogP contribution in [0.1, 0.15) is 13.8 Å². The molecule has 1 atom stereocenters. The molecular weight excluding hydrogens is 282 g/mol. The van der Waals surface area contributed by atoms with Gasteiger partial charge in [0.25, 0.3) is 0 Å². The van der Waals surface area contributed by atoms with Crippen molar-refractivity contribution in [2.45, 2.75) is 20.0 Å². The van der Waals surface area contributed by atoms with Gasteiger partial charge in [0.15, 0.2) is 0 Å². The Bertz CT molecular complexity index is 331. The van der Waals surface area contributed by atoms with Crippen LogP contribution < -0.4 is 10.1 Å². The zero-order valence-corrected chi connectivity index (χ0v) is 11.9. The fourth-order valence-corrected chi connectivity index (χ4v) is 1.66. The fourth-order valence-electron chi connectivity index (χ4n) is 1.28. The molecule has 0 aromatic heterocycles. The summed E-state index contributed by atoms with van der Waals surface area (Å²) in [6, 6.07) is 7.76. The van der Waals surface area contributed by atoms with Gasteiger partial charge in [-0.3, -0.25) is 0 Å². The third-order valence-electron chi connectivity index (χ3n) is 2.47. The molecule has 0 aliphatic rings. The smallest absolute Gasteiger partial charge is 0.120 e. The van der Waals surface area contributed by atoms with Gasteiger partial charge in [-0.25, -0.2) is 0 Å². The number of aliphatic hydroxyl groups is 1. The summed E-state index contributed by atoms with van der Waals surface area (Å²) in [6.45, 7) is 5.95. The van der Waals surface area contributed by atoms with E-state index >= 15 is 0 Å². The first-order valence-corrected chi connectivity index (χ1v) is 6.66. The Morgan fingerprint density at radius 3 is 2.82 bits per heavy atom. The maximum atomic E-state index is 9.57. The lowest BCUT2D eigenvalue weighted by atomic mass is 10.1. The first-order chi connectivity index (χ1) is 8.09. The predicted octanol–water partition coefficient (Wildman–Crippen LogP) is 2.43. The van der Waals surface area contributed by atoms with Gasteiger partial charge in [-0.2, -0.15) is 0 Å². The van der Waals surface area contributed by atoms with Crippen LogP contribution in [0.2, 0.25) is 0 Å². The Kier molecular flexibility index (Phi) is 6.55. The fraction of sp³-hybridized carbons (Fsp3) is 0.538. The first-order valence-electron chi connectivity index (χ1n) is 5.86. The molecule has 1 aromatic carbocycles. The number of hydrogen-bond acceptors (Lipinski definition) is 3. The highest BCUT2D eigenvalue weighted by Crippen LogP contribution is 2.17. The second-order valence-corrected chi connectivity index (χ2v) is 5.24. The van der Waals surface area contributed by atoms with Crippen molar-refractivity contribution in [1.29, 1.82) is 0 Å². The highest BCUT2D eigenvalue weighted by molar-refractivity contribution is 9.10. The Morgan fingerprint density at radius 1 is 1.41 bits per heavy atom. The van der Waals surface area contributed by atoms with Gasteiger partial charge in [-0.15, -0.1) is 0 Å². The third kappa shape index (κ3) is 6.05. The lowest BCUT2D eigenvalue weighted by molar-refractivity contribution is 0.122. The van der Waals surface area contributed by atoms with Crippen LogP contribution in [-0.2, 0) is 0 Å². The molecule has 0 radical (unpaired) electrons. The minimum Gasteiger partial charge on any atom is -0.492 e. The number of hydrogen-bond donors (Lipinski definition) is 2. The number of benzene rings is 1. The summed E-state index contributed by atoms with van der Waals surface area (Å²) in [5.41, 5.74) is 0. The highest BCUT2D eigenvalue weighted by Gasteiger charge is 2.07. The van der Waals surface area contributed by atoms with Crippen molar-refractivity contribution in [3.8, 4) is 5.75 Å². The topological polar surface area (TPSA) is 41.5 Å². The molecule has 1 rings (SSSR count). The number of rotatable bonds is 7. The van der Waals surface area contributed by atoms with Gasteiger partial charge in [-0.05, 0) is 24.1 Å². The summed E-state index contributed by atoms with van der Waals surface area (Å²) >= 11 is 3.39. The lowest BCUT2D eigenvalue weighted by Gasteiger charge is -2.15. The van der Waals surface area contributed by atoms with E-state index in [0.717, 1.165) is 16.8 Å². The van der Waals surface area contributed by atoms with Crippen LogP contribution in [0.3, 0.4) is 0 Å². The molecule has 0 fully saturated rings. The molecule has 0 saturated carbocycles. The van der Waals surface area contributed by atoms with E-state index in [1.807, 2.05) is 38.1 Å². The highest BCUT2D eigenvalue weighted by atomic mass is 79.9. The second-order valence-electron chi connectivity index (χ2n) is 4.32. The molecule has 1 unspecified atom stereocenters. The van der Waals surface area contributed by atoms with E-state index in [2.05, 4.69) is 21.2 Å².